The Balaban J connectivity index is 3.77. The summed E-state index contributed by atoms with van der Waals surface area (Å²) in [6.45, 7) is 3.58. The largest absolute Gasteiger partial charge is 0.366 e. The van der Waals surface area contributed by atoms with E-state index in [0.717, 1.165) is 6.54 Å². The van der Waals surface area contributed by atoms with Crippen molar-refractivity contribution in [2.45, 2.75) is 13.3 Å². The van der Waals surface area contributed by atoms with Gasteiger partial charge in [-0.1, -0.05) is 0 Å². The average Bonchev–Trinajstić information content (AvgIpc) is 2.05. The lowest BCUT2D eigenvalue weighted by molar-refractivity contribution is 0.446. The number of rotatable bonds is 3. The Morgan fingerprint density at radius 3 is 2.73 bits per heavy atom. The van der Waals surface area contributed by atoms with E-state index in [0.29, 0.717) is 18.1 Å². The Labute approximate surface area is 73.0 Å². The van der Waals surface area contributed by atoms with Crippen molar-refractivity contribution in [1.29, 1.82) is 5.26 Å². The first kappa shape index (κ1) is 10.2. The zero-order valence-corrected chi connectivity index (χ0v) is 7.74. The maximum atomic E-state index is 8.32. The smallest absolute Gasteiger partial charge is 0.168 e. The summed E-state index contributed by atoms with van der Waals surface area (Å²) < 4.78 is 0. The number of hydrogen-bond donors (Lipinski definition) is 1. The van der Waals surface area contributed by atoms with Gasteiger partial charge in [0, 0.05) is 20.1 Å². The van der Waals surface area contributed by atoms with Gasteiger partial charge in [-0.05, 0) is 19.1 Å². The Hall–Kier alpha value is -0.820. The molecule has 0 radical (unpaired) electrons. The topological polar surface area (TPSA) is 39.1 Å². The van der Waals surface area contributed by atoms with Crippen LogP contribution in [0.2, 0.25) is 0 Å². The molecule has 0 saturated carbocycles. The minimum Gasteiger partial charge on any atom is -0.366 e. The molecule has 0 aliphatic carbocycles. The molecule has 0 aromatic rings. The summed E-state index contributed by atoms with van der Waals surface area (Å²) in [5.74, 6) is 0. The van der Waals surface area contributed by atoms with E-state index in [-0.39, 0.29) is 0 Å². The zero-order chi connectivity index (χ0) is 8.69. The average molecular weight is 171 g/mol. The van der Waals surface area contributed by atoms with E-state index in [4.69, 9.17) is 17.5 Å². The SMILES string of the molecule is CCN(CCC#N)C(=S)NC. The first-order valence-electron chi connectivity index (χ1n) is 3.59. The fourth-order valence-electron chi connectivity index (χ4n) is 0.746. The van der Waals surface area contributed by atoms with Crippen molar-refractivity contribution >= 4 is 17.3 Å². The van der Waals surface area contributed by atoms with Gasteiger partial charge in [-0.3, -0.25) is 0 Å². The summed E-state index contributed by atoms with van der Waals surface area (Å²) in [5, 5.41) is 11.9. The van der Waals surface area contributed by atoms with Crippen LogP contribution in [0.1, 0.15) is 13.3 Å². The summed E-state index contributed by atoms with van der Waals surface area (Å²) in [4.78, 5) is 1.96. The minimum absolute atomic E-state index is 0.523. The number of thiocarbonyl (C=S) groups is 1. The van der Waals surface area contributed by atoms with Gasteiger partial charge in [0.25, 0.3) is 0 Å². The van der Waals surface area contributed by atoms with Gasteiger partial charge in [-0.2, -0.15) is 5.26 Å². The predicted octanol–water partition coefficient (Wildman–Crippen LogP) is 0.726. The molecule has 0 aliphatic rings. The third-order valence-corrected chi connectivity index (χ3v) is 1.84. The second kappa shape index (κ2) is 5.93. The fourth-order valence-corrected chi connectivity index (χ4v) is 0.967. The molecule has 0 aromatic heterocycles. The molecule has 0 atom stereocenters. The lowest BCUT2D eigenvalue weighted by Gasteiger charge is -2.21. The second-order valence-electron chi connectivity index (χ2n) is 2.04. The van der Waals surface area contributed by atoms with Crippen LogP contribution in [0.5, 0.6) is 0 Å². The van der Waals surface area contributed by atoms with Gasteiger partial charge >= 0.3 is 0 Å². The molecule has 0 heterocycles. The summed E-state index contributed by atoms with van der Waals surface area (Å²) >= 11 is 4.99. The Morgan fingerprint density at radius 2 is 2.36 bits per heavy atom. The molecule has 3 nitrogen and oxygen atoms in total. The number of nitriles is 1. The highest BCUT2D eigenvalue weighted by Gasteiger charge is 2.02. The van der Waals surface area contributed by atoms with E-state index in [9.17, 15) is 0 Å². The van der Waals surface area contributed by atoms with Crippen LogP contribution in [0.4, 0.5) is 0 Å². The Kier molecular flexibility index (Phi) is 5.49. The molecule has 0 saturated heterocycles. The Morgan fingerprint density at radius 1 is 1.73 bits per heavy atom. The van der Waals surface area contributed by atoms with Crippen molar-refractivity contribution < 1.29 is 0 Å². The summed E-state index contributed by atoms with van der Waals surface area (Å²) in [7, 11) is 1.79. The number of nitrogens with one attached hydrogen (secondary N) is 1. The molecule has 0 unspecified atom stereocenters. The molecule has 0 spiro atoms. The molecule has 0 fully saturated rings. The van der Waals surface area contributed by atoms with Crippen molar-refractivity contribution in [3.63, 3.8) is 0 Å². The van der Waals surface area contributed by atoms with Crippen molar-refractivity contribution in [2.75, 3.05) is 20.1 Å². The van der Waals surface area contributed by atoms with Gasteiger partial charge < -0.3 is 10.2 Å². The van der Waals surface area contributed by atoms with Crippen LogP contribution >= 0.6 is 12.2 Å². The molecule has 62 valence electrons. The lowest BCUT2D eigenvalue weighted by atomic mass is 10.4. The fraction of sp³-hybridized carbons (Fsp3) is 0.714. The quantitative estimate of drug-likeness (QED) is 0.635. The minimum atomic E-state index is 0.523. The highest BCUT2D eigenvalue weighted by molar-refractivity contribution is 7.80. The molecule has 0 bridgehead atoms. The van der Waals surface area contributed by atoms with Crippen molar-refractivity contribution in [2.24, 2.45) is 0 Å². The van der Waals surface area contributed by atoms with Crippen molar-refractivity contribution in [1.82, 2.24) is 10.2 Å². The van der Waals surface area contributed by atoms with Gasteiger partial charge in [-0.25, -0.2) is 0 Å². The highest BCUT2D eigenvalue weighted by atomic mass is 32.1. The van der Waals surface area contributed by atoms with Gasteiger partial charge in [0.1, 0.15) is 0 Å². The molecule has 4 heteroatoms. The van der Waals surface area contributed by atoms with E-state index in [1.807, 2.05) is 11.8 Å². The first-order valence-corrected chi connectivity index (χ1v) is 4.00. The summed E-state index contributed by atoms with van der Waals surface area (Å²) in [5.41, 5.74) is 0. The summed E-state index contributed by atoms with van der Waals surface area (Å²) in [6.07, 6.45) is 0.523. The monoisotopic (exact) mass is 171 g/mol. The second-order valence-corrected chi connectivity index (χ2v) is 2.43. The van der Waals surface area contributed by atoms with Gasteiger partial charge in [0.2, 0.25) is 0 Å². The van der Waals surface area contributed by atoms with Crippen LogP contribution in [-0.2, 0) is 0 Å². The summed E-state index contributed by atoms with van der Waals surface area (Å²) in [6, 6.07) is 2.08. The number of hydrogen-bond acceptors (Lipinski definition) is 2. The molecule has 0 aliphatic heterocycles. The molecular formula is C7H13N3S. The van der Waals surface area contributed by atoms with Gasteiger partial charge in [0.05, 0.1) is 12.5 Å². The van der Waals surface area contributed by atoms with Crippen LogP contribution in [0.25, 0.3) is 0 Å². The van der Waals surface area contributed by atoms with E-state index < -0.39 is 0 Å². The van der Waals surface area contributed by atoms with E-state index in [1.54, 1.807) is 7.05 Å². The van der Waals surface area contributed by atoms with E-state index >= 15 is 0 Å². The number of nitrogens with zero attached hydrogens (tertiary/aromatic N) is 2. The first-order chi connectivity index (χ1) is 5.26. The third-order valence-electron chi connectivity index (χ3n) is 1.38. The van der Waals surface area contributed by atoms with Gasteiger partial charge in [0.15, 0.2) is 5.11 Å². The zero-order valence-electron chi connectivity index (χ0n) is 6.92. The molecule has 0 aromatic carbocycles. The highest BCUT2D eigenvalue weighted by Crippen LogP contribution is 1.90. The standard InChI is InChI=1S/C7H13N3S/c1-3-10(6-4-5-8)7(11)9-2/h3-4,6H2,1-2H3,(H,9,11). The maximum absolute atomic E-state index is 8.32. The Bertz CT molecular complexity index is 162. The van der Waals surface area contributed by atoms with E-state index in [2.05, 4.69) is 11.4 Å². The maximum Gasteiger partial charge on any atom is 0.168 e. The molecule has 11 heavy (non-hydrogen) atoms. The molecule has 0 rings (SSSR count). The van der Waals surface area contributed by atoms with Crippen LogP contribution in [0, 0.1) is 11.3 Å². The molecule has 0 amide bonds. The van der Waals surface area contributed by atoms with Gasteiger partial charge in [-0.15, -0.1) is 0 Å². The van der Waals surface area contributed by atoms with Crippen LogP contribution in [0.3, 0.4) is 0 Å². The van der Waals surface area contributed by atoms with E-state index in [1.165, 1.54) is 0 Å². The lowest BCUT2D eigenvalue weighted by Crippen LogP contribution is -2.38. The normalized spacial score (nSPS) is 8.45. The van der Waals surface area contributed by atoms with Crippen LogP contribution in [-0.4, -0.2) is 30.1 Å². The molecule has 1 N–H and O–H groups in total. The van der Waals surface area contributed by atoms with Crippen LogP contribution < -0.4 is 5.32 Å². The predicted molar refractivity (Wildman–Crippen MR) is 49.1 cm³/mol. The third kappa shape index (κ3) is 3.79. The van der Waals surface area contributed by atoms with Crippen LogP contribution in [0.15, 0.2) is 0 Å². The van der Waals surface area contributed by atoms with Crippen molar-refractivity contribution in [3.8, 4) is 6.07 Å². The molecular weight excluding hydrogens is 158 g/mol. The van der Waals surface area contributed by atoms with Crippen molar-refractivity contribution in [3.05, 3.63) is 0 Å².